The first-order valence-electron chi connectivity index (χ1n) is 7.48. The zero-order chi connectivity index (χ0) is 16.1. The summed E-state index contributed by atoms with van der Waals surface area (Å²) in [4.78, 5) is 14.4. The molecule has 0 saturated carbocycles. The second-order valence-electron chi connectivity index (χ2n) is 5.20. The number of esters is 1. The van der Waals surface area contributed by atoms with Gasteiger partial charge in [0, 0.05) is 21.9 Å². The Morgan fingerprint density at radius 3 is 2.59 bits per heavy atom. The molecule has 1 atom stereocenters. The topological polar surface area (TPSA) is 38.8 Å². The fourth-order valence-electron chi connectivity index (χ4n) is 2.80. The molecule has 1 aromatic carbocycles. The van der Waals surface area contributed by atoms with Gasteiger partial charge in [0.15, 0.2) is 0 Å². The summed E-state index contributed by atoms with van der Waals surface area (Å²) in [5.74, 6) is 0.643. The van der Waals surface area contributed by atoms with Crippen molar-refractivity contribution in [3.05, 3.63) is 35.5 Å². The predicted molar refractivity (Wildman–Crippen MR) is 96.7 cm³/mol. The summed E-state index contributed by atoms with van der Waals surface area (Å²) < 4.78 is 11.4. The predicted octanol–water partition coefficient (Wildman–Crippen LogP) is 3.94. The monoisotopic (exact) mass is 415 g/mol. The summed E-state index contributed by atoms with van der Waals surface area (Å²) in [5, 5.41) is 0. The Morgan fingerprint density at radius 2 is 2.05 bits per heavy atom. The maximum Gasteiger partial charge on any atom is 0.335 e. The number of hydrogen-bond acceptors (Lipinski definition) is 4. The lowest BCUT2D eigenvalue weighted by Crippen LogP contribution is -2.40. The number of carbonyl (C=O) groups is 1. The molecule has 22 heavy (non-hydrogen) atoms. The summed E-state index contributed by atoms with van der Waals surface area (Å²) in [6.07, 6.45) is 1.74. The number of alkyl halides is 1. The smallest absolute Gasteiger partial charge is 0.335 e. The molecule has 0 amide bonds. The van der Waals surface area contributed by atoms with Gasteiger partial charge in [-0.2, -0.15) is 0 Å². The largest absolute Gasteiger partial charge is 0.497 e. The molecular weight excluding hydrogens is 393 g/mol. The zero-order valence-corrected chi connectivity index (χ0v) is 15.4. The molecule has 0 fully saturated rings. The van der Waals surface area contributed by atoms with Crippen LogP contribution in [0, 0.1) is 0 Å². The minimum Gasteiger partial charge on any atom is -0.497 e. The van der Waals surface area contributed by atoms with Gasteiger partial charge in [-0.15, -0.1) is 0 Å². The molecule has 1 unspecified atom stereocenters. The molecule has 0 saturated heterocycles. The van der Waals surface area contributed by atoms with E-state index in [9.17, 15) is 4.79 Å². The average Bonchev–Trinajstić information content (AvgIpc) is 2.54. The van der Waals surface area contributed by atoms with Gasteiger partial charge in [-0.05, 0) is 51.0 Å². The second kappa shape index (κ2) is 7.85. The number of halogens is 1. The first-order valence-corrected chi connectivity index (χ1v) is 9.01. The normalized spacial score (nSPS) is 18.4. The van der Waals surface area contributed by atoms with Crippen LogP contribution in [0.5, 0.6) is 5.75 Å². The molecule has 2 rings (SSSR count). The van der Waals surface area contributed by atoms with Crippen molar-refractivity contribution < 1.29 is 14.3 Å². The van der Waals surface area contributed by atoms with Crippen LogP contribution in [0.3, 0.4) is 0 Å². The zero-order valence-electron chi connectivity index (χ0n) is 13.3. The molecule has 5 heteroatoms. The summed E-state index contributed by atoms with van der Waals surface area (Å²) >= 11 is 2.41. The molecule has 0 aliphatic carbocycles. The third-order valence-electron chi connectivity index (χ3n) is 3.94. The van der Waals surface area contributed by atoms with E-state index in [0.29, 0.717) is 12.6 Å². The number of allylic oxidation sites excluding steroid dienone is 1. The summed E-state index contributed by atoms with van der Waals surface area (Å²) in [6.45, 7) is 4.26. The maximum absolute atomic E-state index is 12.2. The summed E-state index contributed by atoms with van der Waals surface area (Å²) in [5.41, 5.74) is 2.87. The SMILES string of the molecule is CCOC(=O)C1=C(C)N(c2ccc(OC)cc2)C(CI)CC1. The van der Waals surface area contributed by atoms with E-state index in [0.717, 1.165) is 40.0 Å². The standard InChI is InChI=1S/C17H22INO3/c1-4-22-17(20)16-10-7-14(11-18)19(12(16)2)13-5-8-15(21-3)9-6-13/h5-6,8-9,14H,4,7,10-11H2,1-3H3. The van der Waals surface area contributed by atoms with E-state index in [2.05, 4.69) is 27.5 Å². The molecule has 0 bridgehead atoms. The van der Waals surface area contributed by atoms with Gasteiger partial charge in [-0.25, -0.2) is 4.79 Å². The summed E-state index contributed by atoms with van der Waals surface area (Å²) in [7, 11) is 1.66. The van der Waals surface area contributed by atoms with Crippen LogP contribution >= 0.6 is 22.6 Å². The van der Waals surface area contributed by atoms with E-state index in [1.165, 1.54) is 0 Å². The Balaban J connectivity index is 2.37. The third-order valence-corrected chi connectivity index (χ3v) is 4.96. The maximum atomic E-state index is 12.2. The van der Waals surface area contributed by atoms with Gasteiger partial charge in [0.2, 0.25) is 0 Å². The van der Waals surface area contributed by atoms with E-state index in [1.54, 1.807) is 7.11 Å². The lowest BCUT2D eigenvalue weighted by molar-refractivity contribution is -0.138. The van der Waals surface area contributed by atoms with Crippen LogP contribution in [0.4, 0.5) is 5.69 Å². The van der Waals surface area contributed by atoms with E-state index >= 15 is 0 Å². The average molecular weight is 415 g/mol. The van der Waals surface area contributed by atoms with Crippen LogP contribution in [0.15, 0.2) is 35.5 Å². The fraction of sp³-hybridized carbons (Fsp3) is 0.471. The Morgan fingerprint density at radius 1 is 1.36 bits per heavy atom. The van der Waals surface area contributed by atoms with Crippen LogP contribution in [0.2, 0.25) is 0 Å². The van der Waals surface area contributed by atoms with Crippen molar-refractivity contribution in [2.75, 3.05) is 23.0 Å². The molecule has 0 spiro atoms. The van der Waals surface area contributed by atoms with Gasteiger partial charge < -0.3 is 14.4 Å². The van der Waals surface area contributed by atoms with Gasteiger partial charge in [0.05, 0.1) is 19.3 Å². The number of hydrogen-bond donors (Lipinski definition) is 0. The molecule has 1 aliphatic heterocycles. The van der Waals surface area contributed by atoms with Crippen LogP contribution in [0.25, 0.3) is 0 Å². The van der Waals surface area contributed by atoms with Crippen LogP contribution in [0.1, 0.15) is 26.7 Å². The lowest BCUT2D eigenvalue weighted by atomic mass is 9.96. The molecular formula is C17H22INO3. The molecule has 1 aromatic rings. The van der Waals surface area contributed by atoms with Gasteiger partial charge >= 0.3 is 5.97 Å². The van der Waals surface area contributed by atoms with Crippen molar-refractivity contribution in [3.8, 4) is 5.75 Å². The fourth-order valence-corrected chi connectivity index (χ4v) is 3.64. The van der Waals surface area contributed by atoms with Crippen LogP contribution in [-0.4, -0.2) is 30.2 Å². The molecule has 120 valence electrons. The van der Waals surface area contributed by atoms with Crippen molar-refractivity contribution >= 4 is 34.2 Å². The van der Waals surface area contributed by atoms with Crippen molar-refractivity contribution in [1.29, 1.82) is 0 Å². The van der Waals surface area contributed by atoms with Gasteiger partial charge in [0.25, 0.3) is 0 Å². The third kappa shape index (κ3) is 3.56. The Kier molecular flexibility index (Phi) is 6.11. The van der Waals surface area contributed by atoms with E-state index in [1.807, 2.05) is 38.1 Å². The number of carbonyl (C=O) groups excluding carboxylic acids is 1. The minimum atomic E-state index is -0.189. The number of anilines is 1. The highest BCUT2D eigenvalue weighted by Crippen LogP contribution is 2.34. The van der Waals surface area contributed by atoms with E-state index in [4.69, 9.17) is 9.47 Å². The van der Waals surface area contributed by atoms with Crippen molar-refractivity contribution in [1.82, 2.24) is 0 Å². The number of ether oxygens (including phenoxy) is 2. The highest BCUT2D eigenvalue weighted by atomic mass is 127. The van der Waals surface area contributed by atoms with Crippen molar-refractivity contribution in [2.24, 2.45) is 0 Å². The van der Waals surface area contributed by atoms with Crippen LogP contribution < -0.4 is 9.64 Å². The number of nitrogens with zero attached hydrogens (tertiary/aromatic N) is 1. The lowest BCUT2D eigenvalue weighted by Gasteiger charge is -2.38. The Bertz CT molecular complexity index is 554. The molecule has 0 aromatic heterocycles. The van der Waals surface area contributed by atoms with Gasteiger partial charge in [-0.3, -0.25) is 0 Å². The highest BCUT2D eigenvalue weighted by Gasteiger charge is 2.30. The number of benzene rings is 1. The van der Waals surface area contributed by atoms with Crippen molar-refractivity contribution in [3.63, 3.8) is 0 Å². The highest BCUT2D eigenvalue weighted by molar-refractivity contribution is 14.1. The van der Waals surface area contributed by atoms with Crippen molar-refractivity contribution in [2.45, 2.75) is 32.7 Å². The molecule has 1 heterocycles. The van der Waals surface area contributed by atoms with E-state index in [-0.39, 0.29) is 5.97 Å². The van der Waals surface area contributed by atoms with Gasteiger partial charge in [0.1, 0.15) is 5.75 Å². The Hall–Kier alpha value is -1.24. The first kappa shape index (κ1) is 17.1. The summed E-state index contributed by atoms with van der Waals surface area (Å²) in [6, 6.07) is 8.37. The van der Waals surface area contributed by atoms with E-state index < -0.39 is 0 Å². The number of rotatable bonds is 5. The van der Waals surface area contributed by atoms with Crippen LogP contribution in [-0.2, 0) is 9.53 Å². The number of methoxy groups -OCH3 is 1. The van der Waals surface area contributed by atoms with Gasteiger partial charge in [-0.1, -0.05) is 22.6 Å². The molecule has 0 N–H and O–H groups in total. The second-order valence-corrected chi connectivity index (χ2v) is 6.08. The quantitative estimate of drug-likeness (QED) is 0.415. The molecule has 4 nitrogen and oxygen atoms in total. The minimum absolute atomic E-state index is 0.189. The molecule has 1 aliphatic rings. The first-order chi connectivity index (χ1) is 10.6. The molecule has 0 radical (unpaired) electrons. The Labute approximate surface area is 145 Å².